The third-order valence-corrected chi connectivity index (χ3v) is 5.13. The molecule has 2 aromatic rings. The number of likely N-dealkylation sites (N-methyl/N-ethyl adjacent to an activating group) is 1. The number of nitrogens with zero attached hydrogens (tertiary/aromatic N) is 1. The third kappa shape index (κ3) is 3.13. The molecule has 0 fully saturated rings. The number of hydrogen-bond acceptors (Lipinski definition) is 3. The summed E-state index contributed by atoms with van der Waals surface area (Å²) in [6, 6.07) is 11.3. The highest BCUT2D eigenvalue weighted by molar-refractivity contribution is 6.36. The molecule has 0 unspecified atom stereocenters. The molecule has 0 saturated carbocycles. The quantitative estimate of drug-likeness (QED) is 0.809. The molecule has 0 saturated heterocycles. The van der Waals surface area contributed by atoms with Gasteiger partial charge in [0.2, 0.25) is 0 Å². The zero-order valence-corrected chi connectivity index (χ0v) is 16.1. The lowest BCUT2D eigenvalue weighted by molar-refractivity contribution is -0.136. The van der Waals surface area contributed by atoms with Crippen molar-refractivity contribution in [1.29, 1.82) is 0 Å². The van der Waals surface area contributed by atoms with E-state index in [1.165, 1.54) is 4.90 Å². The van der Waals surface area contributed by atoms with Crippen LogP contribution in [0.15, 0.2) is 42.1 Å². The zero-order chi connectivity index (χ0) is 19.0. The number of imide groups is 1. The summed E-state index contributed by atoms with van der Waals surface area (Å²) in [7, 11) is 0. The molecular formula is C21H21ClN2O2. The van der Waals surface area contributed by atoms with Crippen molar-refractivity contribution in [3.8, 4) is 0 Å². The minimum Gasteiger partial charge on any atom is -0.350 e. The molecule has 0 aliphatic carbocycles. The van der Waals surface area contributed by atoms with Gasteiger partial charge in [0.25, 0.3) is 11.8 Å². The van der Waals surface area contributed by atoms with Gasteiger partial charge in [0.05, 0.1) is 5.57 Å². The SMILES string of the molecule is CCN1C(=O)C(Nc2ccc(C)c(Cl)c2)=C(c2ccc(C)c(C)c2)C1=O. The Hall–Kier alpha value is -2.59. The van der Waals surface area contributed by atoms with Crippen LogP contribution in [0.3, 0.4) is 0 Å². The van der Waals surface area contributed by atoms with Gasteiger partial charge in [-0.1, -0.05) is 35.9 Å². The van der Waals surface area contributed by atoms with E-state index in [0.29, 0.717) is 28.5 Å². The molecule has 0 bridgehead atoms. The fraction of sp³-hybridized carbons (Fsp3) is 0.238. The summed E-state index contributed by atoms with van der Waals surface area (Å²) in [4.78, 5) is 26.9. The Labute approximate surface area is 158 Å². The molecule has 0 atom stereocenters. The number of hydrogen-bond donors (Lipinski definition) is 1. The lowest BCUT2D eigenvalue weighted by Crippen LogP contribution is -2.32. The van der Waals surface area contributed by atoms with Crippen LogP contribution < -0.4 is 5.32 Å². The van der Waals surface area contributed by atoms with Crippen molar-refractivity contribution in [2.24, 2.45) is 0 Å². The van der Waals surface area contributed by atoms with E-state index in [1.54, 1.807) is 13.0 Å². The summed E-state index contributed by atoms with van der Waals surface area (Å²) in [6.45, 7) is 8.03. The van der Waals surface area contributed by atoms with Crippen LogP contribution >= 0.6 is 11.6 Å². The van der Waals surface area contributed by atoms with Gasteiger partial charge in [0, 0.05) is 17.3 Å². The first-order valence-corrected chi connectivity index (χ1v) is 8.92. The second-order valence-electron chi connectivity index (χ2n) is 6.49. The van der Waals surface area contributed by atoms with Crippen LogP contribution in [0.25, 0.3) is 5.57 Å². The van der Waals surface area contributed by atoms with Gasteiger partial charge in [0.1, 0.15) is 5.70 Å². The Morgan fingerprint density at radius 3 is 2.23 bits per heavy atom. The van der Waals surface area contributed by atoms with Crippen LogP contribution in [0.1, 0.15) is 29.2 Å². The lowest BCUT2D eigenvalue weighted by atomic mass is 9.99. The van der Waals surface area contributed by atoms with E-state index < -0.39 is 0 Å². The number of rotatable bonds is 4. The van der Waals surface area contributed by atoms with Crippen molar-refractivity contribution < 1.29 is 9.59 Å². The summed E-state index contributed by atoms with van der Waals surface area (Å²) >= 11 is 6.19. The number of nitrogens with one attached hydrogen (secondary N) is 1. The maximum atomic E-state index is 12.8. The second-order valence-corrected chi connectivity index (χ2v) is 6.90. The summed E-state index contributed by atoms with van der Waals surface area (Å²) in [6.07, 6.45) is 0. The molecule has 4 nitrogen and oxygen atoms in total. The molecular weight excluding hydrogens is 348 g/mol. The summed E-state index contributed by atoms with van der Waals surface area (Å²) < 4.78 is 0. The molecule has 134 valence electrons. The molecule has 0 radical (unpaired) electrons. The van der Waals surface area contributed by atoms with Crippen LogP contribution in [0.5, 0.6) is 0 Å². The molecule has 1 heterocycles. The zero-order valence-electron chi connectivity index (χ0n) is 15.3. The Balaban J connectivity index is 2.11. The predicted octanol–water partition coefficient (Wildman–Crippen LogP) is 4.48. The summed E-state index contributed by atoms with van der Waals surface area (Å²) in [5.74, 6) is -0.594. The largest absolute Gasteiger partial charge is 0.350 e. The van der Waals surface area contributed by atoms with Gasteiger partial charge in [-0.2, -0.15) is 0 Å². The van der Waals surface area contributed by atoms with Crippen LogP contribution in [0.4, 0.5) is 5.69 Å². The number of carbonyl (C=O) groups excluding carboxylic acids is 2. The van der Waals surface area contributed by atoms with Gasteiger partial charge in [-0.05, 0) is 62.1 Å². The molecule has 26 heavy (non-hydrogen) atoms. The van der Waals surface area contributed by atoms with Crippen LogP contribution in [0, 0.1) is 20.8 Å². The Bertz CT molecular complexity index is 947. The highest BCUT2D eigenvalue weighted by Crippen LogP contribution is 2.32. The Morgan fingerprint density at radius 1 is 0.923 bits per heavy atom. The van der Waals surface area contributed by atoms with Crippen molar-refractivity contribution in [1.82, 2.24) is 4.90 Å². The van der Waals surface area contributed by atoms with E-state index in [0.717, 1.165) is 22.3 Å². The first-order valence-electron chi connectivity index (χ1n) is 8.54. The molecule has 0 spiro atoms. The molecule has 0 aromatic heterocycles. The van der Waals surface area contributed by atoms with Crippen molar-refractivity contribution >= 4 is 34.7 Å². The normalized spacial score (nSPS) is 14.4. The predicted molar refractivity (Wildman–Crippen MR) is 105 cm³/mol. The first-order chi connectivity index (χ1) is 12.3. The minimum atomic E-state index is -0.317. The Morgan fingerprint density at radius 2 is 1.62 bits per heavy atom. The van der Waals surface area contributed by atoms with E-state index in [2.05, 4.69) is 5.32 Å². The molecule has 2 aromatic carbocycles. The molecule has 1 N–H and O–H groups in total. The number of aryl methyl sites for hydroxylation is 3. The average Bonchev–Trinajstić information content (AvgIpc) is 2.83. The molecule has 1 aliphatic rings. The van der Waals surface area contributed by atoms with Crippen LogP contribution in [-0.2, 0) is 9.59 Å². The maximum Gasteiger partial charge on any atom is 0.278 e. The minimum absolute atomic E-state index is 0.276. The Kier molecular flexibility index (Phi) is 4.88. The van der Waals surface area contributed by atoms with Gasteiger partial charge >= 0.3 is 0 Å². The summed E-state index contributed by atoms with van der Waals surface area (Å²) in [5, 5.41) is 3.72. The summed E-state index contributed by atoms with van der Waals surface area (Å²) in [5.41, 5.74) is 5.27. The third-order valence-electron chi connectivity index (χ3n) is 4.72. The van der Waals surface area contributed by atoms with Gasteiger partial charge in [-0.15, -0.1) is 0 Å². The number of benzene rings is 2. The van der Waals surface area contributed by atoms with Crippen molar-refractivity contribution in [2.75, 3.05) is 11.9 Å². The van der Waals surface area contributed by atoms with E-state index >= 15 is 0 Å². The van der Waals surface area contributed by atoms with Crippen LogP contribution in [0.2, 0.25) is 5.02 Å². The van der Waals surface area contributed by atoms with E-state index in [1.807, 2.05) is 51.1 Å². The highest BCUT2D eigenvalue weighted by atomic mass is 35.5. The van der Waals surface area contributed by atoms with Crippen LogP contribution in [-0.4, -0.2) is 23.3 Å². The van der Waals surface area contributed by atoms with Crippen molar-refractivity contribution in [3.05, 3.63) is 69.4 Å². The topological polar surface area (TPSA) is 49.4 Å². The highest BCUT2D eigenvalue weighted by Gasteiger charge is 2.38. The molecule has 3 rings (SSSR count). The number of carbonyl (C=O) groups is 2. The first kappa shape index (κ1) is 18.2. The smallest absolute Gasteiger partial charge is 0.278 e. The average molecular weight is 369 g/mol. The maximum absolute atomic E-state index is 12.8. The fourth-order valence-electron chi connectivity index (χ4n) is 2.96. The lowest BCUT2D eigenvalue weighted by Gasteiger charge is -2.12. The van der Waals surface area contributed by atoms with Gasteiger partial charge in [-0.25, -0.2) is 0 Å². The number of amides is 2. The monoisotopic (exact) mass is 368 g/mol. The number of anilines is 1. The van der Waals surface area contributed by atoms with E-state index in [9.17, 15) is 9.59 Å². The molecule has 1 aliphatic heterocycles. The van der Waals surface area contributed by atoms with Gasteiger partial charge in [-0.3, -0.25) is 14.5 Å². The van der Waals surface area contributed by atoms with Crippen molar-refractivity contribution in [3.63, 3.8) is 0 Å². The second kappa shape index (κ2) is 6.96. The van der Waals surface area contributed by atoms with Gasteiger partial charge < -0.3 is 5.32 Å². The van der Waals surface area contributed by atoms with Crippen molar-refractivity contribution in [2.45, 2.75) is 27.7 Å². The fourth-order valence-corrected chi connectivity index (χ4v) is 3.14. The van der Waals surface area contributed by atoms with E-state index in [-0.39, 0.29) is 11.8 Å². The standard InChI is InChI=1S/C21H21ClN2O2/c1-5-24-20(25)18(15-8-6-12(2)14(4)10-15)19(21(24)26)23-16-9-7-13(3)17(22)11-16/h6-11,23H,5H2,1-4H3. The molecule has 2 amide bonds. The van der Waals surface area contributed by atoms with E-state index in [4.69, 9.17) is 11.6 Å². The number of halogens is 1. The molecule has 5 heteroatoms. The van der Waals surface area contributed by atoms with Gasteiger partial charge in [0.15, 0.2) is 0 Å².